The summed E-state index contributed by atoms with van der Waals surface area (Å²) in [5.41, 5.74) is 8.17. The molecule has 4 nitrogen and oxygen atoms in total. The van der Waals surface area contributed by atoms with Crippen LogP contribution < -0.4 is 5.73 Å². The Morgan fingerprint density at radius 3 is 3.06 bits per heavy atom. The van der Waals surface area contributed by atoms with Gasteiger partial charge in [-0.3, -0.25) is 4.79 Å². The molecule has 2 rings (SSSR count). The van der Waals surface area contributed by atoms with E-state index in [2.05, 4.69) is 4.98 Å². The smallest absolute Gasteiger partial charge is 0.265 e. The predicted octanol–water partition coefficient (Wildman–Crippen LogP) is 1.59. The highest BCUT2D eigenvalue weighted by atomic mass is 32.1. The fourth-order valence-electron chi connectivity index (χ4n) is 2.04. The lowest BCUT2D eigenvalue weighted by Gasteiger charge is -2.32. The van der Waals surface area contributed by atoms with Crippen molar-refractivity contribution in [2.24, 2.45) is 11.7 Å². The number of nitrogens with two attached hydrogens (primary N) is 1. The third kappa shape index (κ3) is 2.63. The number of carbonyl (C=O) groups is 1. The third-order valence-electron chi connectivity index (χ3n) is 3.05. The average molecular weight is 269 g/mol. The van der Waals surface area contributed by atoms with Crippen LogP contribution >= 0.6 is 23.6 Å². The van der Waals surface area contributed by atoms with Crippen LogP contribution in [-0.4, -0.2) is 33.9 Å². The van der Waals surface area contributed by atoms with Gasteiger partial charge < -0.3 is 10.6 Å². The van der Waals surface area contributed by atoms with Crippen molar-refractivity contribution >= 4 is 34.5 Å². The molecule has 1 atom stereocenters. The van der Waals surface area contributed by atoms with Crippen molar-refractivity contribution in [1.82, 2.24) is 9.88 Å². The highest BCUT2D eigenvalue weighted by Gasteiger charge is 2.27. The summed E-state index contributed by atoms with van der Waals surface area (Å²) >= 11 is 6.41. The number of thiazole rings is 1. The predicted molar refractivity (Wildman–Crippen MR) is 72.3 cm³/mol. The number of likely N-dealkylation sites (tertiary alicyclic amines) is 1. The molecule has 1 amide bonds. The summed E-state index contributed by atoms with van der Waals surface area (Å²) in [4.78, 5) is 19.5. The van der Waals surface area contributed by atoms with Crippen molar-refractivity contribution < 1.29 is 4.79 Å². The van der Waals surface area contributed by atoms with Crippen LogP contribution in [0.4, 0.5) is 0 Å². The monoisotopic (exact) mass is 269 g/mol. The lowest BCUT2D eigenvalue weighted by Crippen LogP contribution is -2.43. The number of thiocarbonyl (C=S) groups is 1. The van der Waals surface area contributed by atoms with Gasteiger partial charge in [0.2, 0.25) is 0 Å². The van der Waals surface area contributed by atoms with Gasteiger partial charge in [0, 0.05) is 19.0 Å². The second-order valence-corrected chi connectivity index (χ2v) is 5.59. The zero-order valence-corrected chi connectivity index (χ0v) is 11.3. The minimum Gasteiger partial charge on any atom is -0.393 e. The fourth-order valence-corrected chi connectivity index (χ4v) is 3.01. The normalized spacial score (nSPS) is 20.3. The highest BCUT2D eigenvalue weighted by molar-refractivity contribution is 7.80. The first-order chi connectivity index (χ1) is 8.09. The van der Waals surface area contributed by atoms with E-state index in [-0.39, 0.29) is 11.8 Å². The van der Waals surface area contributed by atoms with Gasteiger partial charge >= 0.3 is 0 Å². The highest BCUT2D eigenvalue weighted by Crippen LogP contribution is 2.21. The summed E-state index contributed by atoms with van der Waals surface area (Å²) < 4.78 is 0. The second-order valence-electron chi connectivity index (χ2n) is 4.26. The van der Waals surface area contributed by atoms with E-state index in [1.807, 2.05) is 11.8 Å². The number of rotatable bonds is 2. The van der Waals surface area contributed by atoms with E-state index in [9.17, 15) is 4.79 Å². The Labute approximate surface area is 110 Å². The number of hydrogen-bond donors (Lipinski definition) is 1. The molecule has 0 aliphatic carbocycles. The zero-order valence-electron chi connectivity index (χ0n) is 9.68. The Bertz CT molecular complexity index is 444. The van der Waals surface area contributed by atoms with Crippen LogP contribution in [0.5, 0.6) is 0 Å². The Morgan fingerprint density at radius 1 is 1.71 bits per heavy atom. The number of hydrogen-bond acceptors (Lipinski definition) is 4. The molecule has 0 bridgehead atoms. The van der Waals surface area contributed by atoms with Gasteiger partial charge in [0.15, 0.2) is 0 Å². The van der Waals surface area contributed by atoms with Crippen LogP contribution in [0.25, 0.3) is 0 Å². The standard InChI is InChI=1S/C11H15N3OS2/c1-7-9(17-6-13-7)11(15)14-4-2-3-8(5-14)10(12)16/h6,8H,2-5H2,1H3,(H2,12,16). The van der Waals surface area contributed by atoms with E-state index in [1.54, 1.807) is 5.51 Å². The van der Waals surface area contributed by atoms with Crippen LogP contribution in [0.3, 0.4) is 0 Å². The quantitative estimate of drug-likeness (QED) is 0.828. The molecule has 92 valence electrons. The molecular weight excluding hydrogens is 254 g/mol. The molecule has 2 heterocycles. The zero-order chi connectivity index (χ0) is 12.4. The molecule has 1 fully saturated rings. The van der Waals surface area contributed by atoms with Crippen LogP contribution in [0, 0.1) is 12.8 Å². The number of aromatic nitrogens is 1. The first-order valence-electron chi connectivity index (χ1n) is 5.58. The van der Waals surface area contributed by atoms with Crippen molar-refractivity contribution in [2.45, 2.75) is 19.8 Å². The second kappa shape index (κ2) is 5.10. The van der Waals surface area contributed by atoms with Gasteiger partial charge in [-0.15, -0.1) is 11.3 Å². The van der Waals surface area contributed by atoms with Crippen LogP contribution in [0.1, 0.15) is 28.2 Å². The number of aryl methyl sites for hydroxylation is 1. The number of amides is 1. The molecule has 1 unspecified atom stereocenters. The molecule has 1 aromatic heterocycles. The van der Waals surface area contributed by atoms with E-state index >= 15 is 0 Å². The van der Waals surface area contributed by atoms with Gasteiger partial charge in [0.05, 0.1) is 16.2 Å². The lowest BCUT2D eigenvalue weighted by atomic mass is 9.98. The van der Waals surface area contributed by atoms with Crippen LogP contribution in [0.15, 0.2) is 5.51 Å². The first kappa shape index (κ1) is 12.4. The molecule has 1 aliphatic heterocycles. The summed E-state index contributed by atoms with van der Waals surface area (Å²) in [6, 6.07) is 0. The maximum atomic E-state index is 12.3. The van der Waals surface area contributed by atoms with Gasteiger partial charge in [-0.05, 0) is 19.8 Å². The van der Waals surface area contributed by atoms with Gasteiger partial charge in [-0.2, -0.15) is 0 Å². The summed E-state index contributed by atoms with van der Waals surface area (Å²) in [6.07, 6.45) is 1.95. The van der Waals surface area contributed by atoms with Crippen molar-refractivity contribution in [3.63, 3.8) is 0 Å². The van der Waals surface area contributed by atoms with Crippen LogP contribution in [0.2, 0.25) is 0 Å². The van der Waals surface area contributed by atoms with Crippen molar-refractivity contribution in [3.05, 3.63) is 16.1 Å². The Balaban J connectivity index is 2.10. The molecule has 1 aromatic rings. The number of carbonyl (C=O) groups excluding carboxylic acids is 1. The van der Waals surface area contributed by atoms with E-state index in [0.29, 0.717) is 11.5 Å². The maximum Gasteiger partial charge on any atom is 0.265 e. The van der Waals surface area contributed by atoms with Gasteiger partial charge in [0.25, 0.3) is 5.91 Å². The van der Waals surface area contributed by atoms with Crippen molar-refractivity contribution in [1.29, 1.82) is 0 Å². The third-order valence-corrected chi connectivity index (χ3v) is 4.30. The van der Waals surface area contributed by atoms with E-state index < -0.39 is 0 Å². The Morgan fingerprint density at radius 2 is 2.47 bits per heavy atom. The molecule has 2 N–H and O–H groups in total. The largest absolute Gasteiger partial charge is 0.393 e. The Hall–Kier alpha value is -1.01. The SMILES string of the molecule is Cc1ncsc1C(=O)N1CCCC(C(N)=S)C1. The Kier molecular flexibility index (Phi) is 3.73. The minimum atomic E-state index is 0.0611. The topological polar surface area (TPSA) is 59.2 Å². The van der Waals surface area contributed by atoms with Crippen molar-refractivity contribution in [3.8, 4) is 0 Å². The molecule has 0 spiro atoms. The molecule has 0 aromatic carbocycles. The maximum absolute atomic E-state index is 12.3. The molecule has 0 radical (unpaired) electrons. The van der Waals surface area contributed by atoms with Gasteiger partial charge in [-0.1, -0.05) is 12.2 Å². The summed E-state index contributed by atoms with van der Waals surface area (Å²) in [5.74, 6) is 0.224. The van der Waals surface area contributed by atoms with E-state index in [4.69, 9.17) is 18.0 Å². The number of nitrogens with zero attached hydrogens (tertiary/aromatic N) is 2. The molecule has 0 saturated carbocycles. The van der Waals surface area contributed by atoms with Gasteiger partial charge in [0.1, 0.15) is 4.88 Å². The van der Waals surface area contributed by atoms with E-state index in [1.165, 1.54) is 11.3 Å². The molecule has 17 heavy (non-hydrogen) atoms. The van der Waals surface area contributed by atoms with Crippen LogP contribution in [-0.2, 0) is 0 Å². The average Bonchev–Trinajstić information content (AvgIpc) is 2.74. The van der Waals surface area contributed by atoms with Crippen molar-refractivity contribution in [2.75, 3.05) is 13.1 Å². The number of piperidine rings is 1. The van der Waals surface area contributed by atoms with E-state index in [0.717, 1.165) is 30.0 Å². The molecule has 1 aliphatic rings. The fraction of sp³-hybridized carbons (Fsp3) is 0.545. The molecule has 1 saturated heterocycles. The minimum absolute atomic E-state index is 0.0611. The summed E-state index contributed by atoms with van der Waals surface area (Å²) in [6.45, 7) is 3.29. The summed E-state index contributed by atoms with van der Waals surface area (Å²) in [5, 5.41) is 0. The summed E-state index contributed by atoms with van der Waals surface area (Å²) in [7, 11) is 0. The first-order valence-corrected chi connectivity index (χ1v) is 6.87. The van der Waals surface area contributed by atoms with Gasteiger partial charge in [-0.25, -0.2) is 4.98 Å². The molecule has 6 heteroatoms. The molecular formula is C11H15N3OS2. The lowest BCUT2D eigenvalue weighted by molar-refractivity contribution is 0.0707.